The van der Waals surface area contributed by atoms with E-state index < -0.39 is 41.5 Å². The highest BCUT2D eigenvalue weighted by atomic mass is 32.2. The van der Waals surface area contributed by atoms with Gasteiger partial charge in [0.15, 0.2) is 5.92 Å². The van der Waals surface area contributed by atoms with E-state index in [1.807, 2.05) is 6.26 Å². The number of alkyl carbamates (subject to hydrolysis) is 1. The summed E-state index contributed by atoms with van der Waals surface area (Å²) < 4.78 is 15.4. The summed E-state index contributed by atoms with van der Waals surface area (Å²) in [6, 6.07) is -0.434. The van der Waals surface area contributed by atoms with Gasteiger partial charge in [-0.05, 0) is 53.0 Å². The van der Waals surface area contributed by atoms with E-state index in [0.29, 0.717) is 6.42 Å². The van der Waals surface area contributed by atoms with Gasteiger partial charge in [0, 0.05) is 12.0 Å². The molecule has 0 saturated heterocycles. The fraction of sp³-hybridized carbons (Fsp3) is 0.833. The molecule has 0 spiro atoms. The van der Waals surface area contributed by atoms with Gasteiger partial charge in [0.25, 0.3) is 0 Å². The molecule has 0 aromatic heterocycles. The number of carbonyl (C=O) groups is 3. The van der Waals surface area contributed by atoms with Gasteiger partial charge in [-0.3, -0.25) is 9.59 Å². The summed E-state index contributed by atoms with van der Waals surface area (Å²) in [7, 11) is 0. The molecule has 1 N–H and O–H groups in total. The number of carbonyl (C=O) groups excluding carboxylic acids is 3. The summed E-state index contributed by atoms with van der Waals surface area (Å²) in [4.78, 5) is 36.8. The van der Waals surface area contributed by atoms with Crippen LogP contribution in [0.4, 0.5) is 4.79 Å². The van der Waals surface area contributed by atoms with E-state index in [1.165, 1.54) is 0 Å². The molecule has 0 bridgehead atoms. The van der Waals surface area contributed by atoms with Crippen LogP contribution in [0.25, 0.3) is 0 Å². The summed E-state index contributed by atoms with van der Waals surface area (Å²) in [6.45, 7) is 10.7. The zero-order valence-electron chi connectivity index (χ0n) is 16.9. The van der Waals surface area contributed by atoms with E-state index in [4.69, 9.17) is 14.2 Å². The van der Waals surface area contributed by atoms with E-state index in [9.17, 15) is 14.4 Å². The molecular formula is C18H33NO6S. The number of amides is 1. The van der Waals surface area contributed by atoms with Gasteiger partial charge in [-0.25, -0.2) is 4.79 Å². The minimum atomic E-state index is -1.10. The highest BCUT2D eigenvalue weighted by Crippen LogP contribution is 2.23. The van der Waals surface area contributed by atoms with Crippen LogP contribution in [0.2, 0.25) is 0 Å². The lowest BCUT2D eigenvalue weighted by Gasteiger charge is -2.30. The zero-order valence-corrected chi connectivity index (χ0v) is 17.7. The van der Waals surface area contributed by atoms with Gasteiger partial charge >= 0.3 is 18.0 Å². The van der Waals surface area contributed by atoms with Crippen molar-refractivity contribution in [1.82, 2.24) is 5.32 Å². The van der Waals surface area contributed by atoms with Gasteiger partial charge in [0.1, 0.15) is 5.60 Å². The highest BCUT2D eigenvalue weighted by Gasteiger charge is 2.39. The summed E-state index contributed by atoms with van der Waals surface area (Å²) in [5, 5.41) is 2.79. The summed E-state index contributed by atoms with van der Waals surface area (Å²) >= 11 is 1.61. The van der Waals surface area contributed by atoms with E-state index in [0.717, 1.165) is 5.75 Å². The molecule has 8 heteroatoms. The van der Waals surface area contributed by atoms with Gasteiger partial charge in [-0.15, -0.1) is 0 Å². The first-order valence-electron chi connectivity index (χ1n) is 8.89. The van der Waals surface area contributed by atoms with Crippen molar-refractivity contribution >= 4 is 29.8 Å². The van der Waals surface area contributed by atoms with Crippen LogP contribution in [0, 0.1) is 11.8 Å². The average molecular weight is 392 g/mol. The van der Waals surface area contributed by atoms with Crippen molar-refractivity contribution < 1.29 is 28.6 Å². The van der Waals surface area contributed by atoms with Crippen LogP contribution >= 0.6 is 11.8 Å². The molecular weight excluding hydrogens is 358 g/mol. The van der Waals surface area contributed by atoms with Crippen molar-refractivity contribution in [3.63, 3.8) is 0 Å². The maximum Gasteiger partial charge on any atom is 0.407 e. The second kappa shape index (κ2) is 12.0. The third-order valence-electron chi connectivity index (χ3n) is 3.58. The van der Waals surface area contributed by atoms with Gasteiger partial charge in [0.05, 0.1) is 13.2 Å². The number of hydrogen-bond donors (Lipinski definition) is 1. The van der Waals surface area contributed by atoms with E-state index in [2.05, 4.69) is 5.32 Å². The molecule has 0 aromatic rings. The Morgan fingerprint density at radius 2 is 1.54 bits per heavy atom. The average Bonchev–Trinajstić information content (AvgIpc) is 2.50. The maximum absolute atomic E-state index is 12.3. The summed E-state index contributed by atoms with van der Waals surface area (Å²) in [5.41, 5.74) is -0.640. The summed E-state index contributed by atoms with van der Waals surface area (Å²) in [6.07, 6.45) is 1.95. The molecule has 0 radical (unpaired) electrons. The molecule has 26 heavy (non-hydrogen) atoms. The third-order valence-corrected chi connectivity index (χ3v) is 4.22. The fourth-order valence-corrected chi connectivity index (χ4v) is 2.88. The number of rotatable bonds is 10. The van der Waals surface area contributed by atoms with E-state index >= 15 is 0 Å². The lowest BCUT2D eigenvalue weighted by atomic mass is 9.86. The van der Waals surface area contributed by atoms with Crippen LogP contribution in [-0.2, 0) is 23.8 Å². The molecule has 0 unspecified atom stereocenters. The van der Waals surface area contributed by atoms with Crippen molar-refractivity contribution in [1.29, 1.82) is 0 Å². The molecule has 7 nitrogen and oxygen atoms in total. The standard InChI is InChI=1S/C18H33NO6S/c1-8-23-15(20)14(16(21)24-9-2)12(3)13(10-11-26-7)19-17(22)25-18(4,5)6/h12-14H,8-11H2,1-7H3,(H,19,22)/t12-,13+/m1/s1. The monoisotopic (exact) mass is 391 g/mol. The SMILES string of the molecule is CCOC(=O)C(C(=O)OCC)[C@H](C)[C@H](CCSC)NC(=O)OC(C)(C)C. The lowest BCUT2D eigenvalue weighted by molar-refractivity contribution is -0.164. The van der Waals surface area contributed by atoms with Crippen molar-refractivity contribution in [2.24, 2.45) is 11.8 Å². The normalized spacial score (nSPS) is 13.7. The van der Waals surface area contributed by atoms with Crippen LogP contribution in [0.15, 0.2) is 0 Å². The summed E-state index contributed by atoms with van der Waals surface area (Å²) in [5.74, 6) is -2.13. The van der Waals surface area contributed by atoms with Crippen LogP contribution in [0.5, 0.6) is 0 Å². The molecule has 1 amide bonds. The first kappa shape index (κ1) is 24.6. The Balaban J connectivity index is 5.39. The first-order valence-corrected chi connectivity index (χ1v) is 10.3. The number of hydrogen-bond acceptors (Lipinski definition) is 7. The first-order chi connectivity index (χ1) is 12.1. The second-order valence-corrected chi connectivity index (χ2v) is 7.86. The Morgan fingerprint density at radius 1 is 1.04 bits per heavy atom. The van der Waals surface area contributed by atoms with Crippen molar-refractivity contribution in [2.75, 3.05) is 25.2 Å². The Morgan fingerprint density at radius 3 is 1.92 bits per heavy atom. The Hall–Kier alpha value is -1.44. The predicted molar refractivity (Wildman–Crippen MR) is 102 cm³/mol. The third kappa shape index (κ3) is 9.31. The number of esters is 2. The molecule has 0 saturated carbocycles. The van der Waals surface area contributed by atoms with Crippen LogP contribution < -0.4 is 5.32 Å². The fourth-order valence-electron chi connectivity index (χ4n) is 2.39. The zero-order chi connectivity index (χ0) is 20.3. The van der Waals surface area contributed by atoms with Gasteiger partial charge < -0.3 is 19.5 Å². The smallest absolute Gasteiger partial charge is 0.407 e. The maximum atomic E-state index is 12.3. The molecule has 0 fully saturated rings. The second-order valence-electron chi connectivity index (χ2n) is 6.88. The van der Waals surface area contributed by atoms with Gasteiger partial charge in [-0.2, -0.15) is 11.8 Å². The molecule has 0 heterocycles. The Bertz CT molecular complexity index is 445. The molecule has 0 aliphatic rings. The van der Waals surface area contributed by atoms with Gasteiger partial charge in [0.2, 0.25) is 0 Å². The van der Waals surface area contributed by atoms with Gasteiger partial charge in [-0.1, -0.05) is 6.92 Å². The number of nitrogens with one attached hydrogen (secondary N) is 1. The predicted octanol–water partition coefficient (Wildman–Crippen LogP) is 3.01. The minimum absolute atomic E-state index is 0.163. The lowest BCUT2D eigenvalue weighted by Crippen LogP contribution is -2.48. The minimum Gasteiger partial charge on any atom is -0.465 e. The van der Waals surface area contributed by atoms with Crippen LogP contribution in [0.1, 0.15) is 48.0 Å². The molecule has 152 valence electrons. The van der Waals surface area contributed by atoms with E-state index in [-0.39, 0.29) is 13.2 Å². The number of thioether (sulfide) groups is 1. The Labute approximate surface area is 160 Å². The van der Waals surface area contributed by atoms with Crippen LogP contribution in [0.3, 0.4) is 0 Å². The molecule has 0 aromatic carbocycles. The number of ether oxygens (including phenoxy) is 3. The highest BCUT2D eigenvalue weighted by molar-refractivity contribution is 7.98. The van der Waals surface area contributed by atoms with Crippen molar-refractivity contribution in [2.45, 2.75) is 59.6 Å². The Kier molecular flexibility index (Phi) is 11.4. The quantitative estimate of drug-likeness (QED) is 0.348. The molecule has 0 aliphatic carbocycles. The van der Waals surface area contributed by atoms with E-state index in [1.54, 1.807) is 53.3 Å². The molecule has 0 aliphatic heterocycles. The topological polar surface area (TPSA) is 90.9 Å². The largest absolute Gasteiger partial charge is 0.465 e. The molecule has 0 rings (SSSR count). The van der Waals surface area contributed by atoms with Crippen molar-refractivity contribution in [3.05, 3.63) is 0 Å². The molecule has 2 atom stereocenters. The van der Waals surface area contributed by atoms with Crippen LogP contribution in [-0.4, -0.2) is 54.9 Å². The van der Waals surface area contributed by atoms with Crippen molar-refractivity contribution in [3.8, 4) is 0 Å².